The maximum absolute atomic E-state index is 4.78. The first-order chi connectivity index (χ1) is 10.0. The van der Waals surface area contributed by atoms with Crippen molar-refractivity contribution in [2.45, 2.75) is 53.4 Å². The summed E-state index contributed by atoms with van der Waals surface area (Å²) in [6, 6.07) is 2.10. The molecule has 0 aromatic carbocycles. The highest BCUT2D eigenvalue weighted by molar-refractivity contribution is 5.50. The van der Waals surface area contributed by atoms with Crippen LogP contribution in [0.5, 0.6) is 0 Å². The lowest BCUT2D eigenvalue weighted by molar-refractivity contribution is 0.310. The van der Waals surface area contributed by atoms with Gasteiger partial charge in [-0.15, -0.1) is 0 Å². The first-order valence-corrected chi connectivity index (χ1v) is 8.39. The van der Waals surface area contributed by atoms with E-state index in [9.17, 15) is 0 Å². The molecule has 0 radical (unpaired) electrons. The molecule has 0 bridgehead atoms. The topological polar surface area (TPSA) is 41.0 Å². The van der Waals surface area contributed by atoms with Gasteiger partial charge in [-0.05, 0) is 31.6 Å². The molecule has 0 amide bonds. The van der Waals surface area contributed by atoms with Gasteiger partial charge >= 0.3 is 0 Å². The van der Waals surface area contributed by atoms with Gasteiger partial charge in [0.05, 0.1) is 0 Å². The van der Waals surface area contributed by atoms with Crippen LogP contribution in [0.15, 0.2) is 6.07 Å². The molecule has 118 valence electrons. The van der Waals surface area contributed by atoms with Gasteiger partial charge in [-0.3, -0.25) is 0 Å². The molecule has 1 aromatic rings. The van der Waals surface area contributed by atoms with E-state index in [1.165, 1.54) is 12.8 Å². The molecule has 1 N–H and O–H groups in total. The van der Waals surface area contributed by atoms with Crippen molar-refractivity contribution in [1.29, 1.82) is 0 Å². The molecule has 21 heavy (non-hydrogen) atoms. The molecule has 0 atom stereocenters. The fourth-order valence-electron chi connectivity index (χ4n) is 2.94. The van der Waals surface area contributed by atoms with Gasteiger partial charge in [0.25, 0.3) is 0 Å². The van der Waals surface area contributed by atoms with Crippen molar-refractivity contribution in [3.05, 3.63) is 11.9 Å². The molecule has 1 saturated heterocycles. The van der Waals surface area contributed by atoms with Crippen LogP contribution in [0, 0.1) is 11.8 Å². The van der Waals surface area contributed by atoms with E-state index in [2.05, 4.69) is 55.9 Å². The second kappa shape index (κ2) is 7.10. The van der Waals surface area contributed by atoms with Gasteiger partial charge in [0.15, 0.2) is 0 Å². The number of hydrogen-bond acceptors (Lipinski definition) is 4. The van der Waals surface area contributed by atoms with E-state index in [-0.39, 0.29) is 0 Å². The molecule has 0 spiro atoms. The van der Waals surface area contributed by atoms with Crippen molar-refractivity contribution >= 4 is 11.6 Å². The highest BCUT2D eigenvalue weighted by atomic mass is 15.2. The lowest BCUT2D eigenvalue weighted by Crippen LogP contribution is -2.36. The van der Waals surface area contributed by atoms with Gasteiger partial charge < -0.3 is 10.2 Å². The number of nitrogens with zero attached hydrogens (tertiary/aromatic N) is 3. The number of aromatic nitrogens is 2. The van der Waals surface area contributed by atoms with Crippen LogP contribution in [0.25, 0.3) is 0 Å². The number of anilines is 2. The van der Waals surface area contributed by atoms with Crippen LogP contribution >= 0.6 is 0 Å². The van der Waals surface area contributed by atoms with Crippen LogP contribution in [-0.4, -0.2) is 29.6 Å². The lowest BCUT2D eigenvalue weighted by atomic mass is 9.87. The maximum atomic E-state index is 4.78. The third kappa shape index (κ3) is 4.08. The predicted octanol–water partition coefficient (Wildman–Crippen LogP) is 3.90. The summed E-state index contributed by atoms with van der Waals surface area (Å²) < 4.78 is 0. The SMILES string of the molecule is CCNc1cc(N2CCC(C(C)C)CC2)nc(C(C)C)n1. The molecule has 1 aromatic heterocycles. The molecule has 1 fully saturated rings. The molecule has 1 aliphatic rings. The van der Waals surface area contributed by atoms with E-state index in [4.69, 9.17) is 4.98 Å². The zero-order chi connectivity index (χ0) is 15.4. The number of hydrogen-bond donors (Lipinski definition) is 1. The lowest BCUT2D eigenvalue weighted by Gasteiger charge is -2.35. The minimum absolute atomic E-state index is 0.357. The molecule has 0 aliphatic carbocycles. The summed E-state index contributed by atoms with van der Waals surface area (Å²) >= 11 is 0. The Morgan fingerprint density at radius 3 is 2.38 bits per heavy atom. The van der Waals surface area contributed by atoms with Crippen molar-refractivity contribution in [1.82, 2.24) is 9.97 Å². The monoisotopic (exact) mass is 290 g/mol. The third-order valence-electron chi connectivity index (χ3n) is 4.41. The van der Waals surface area contributed by atoms with Crippen LogP contribution in [0.1, 0.15) is 59.2 Å². The Bertz CT molecular complexity index is 448. The Kier molecular flexibility index (Phi) is 5.43. The van der Waals surface area contributed by atoms with E-state index in [1.54, 1.807) is 0 Å². The van der Waals surface area contributed by atoms with Crippen molar-refractivity contribution in [3.8, 4) is 0 Å². The zero-order valence-corrected chi connectivity index (χ0v) is 14.2. The maximum Gasteiger partial charge on any atom is 0.135 e. The van der Waals surface area contributed by atoms with Crippen LogP contribution in [-0.2, 0) is 0 Å². The van der Waals surface area contributed by atoms with E-state index in [0.717, 1.165) is 48.9 Å². The molecular formula is C17H30N4. The van der Waals surface area contributed by atoms with Gasteiger partial charge in [-0.2, -0.15) is 0 Å². The van der Waals surface area contributed by atoms with E-state index < -0.39 is 0 Å². The predicted molar refractivity (Wildman–Crippen MR) is 90.1 cm³/mol. The van der Waals surface area contributed by atoms with E-state index in [1.807, 2.05) is 0 Å². The molecule has 0 unspecified atom stereocenters. The minimum atomic E-state index is 0.357. The molecule has 2 heterocycles. The van der Waals surface area contributed by atoms with Crippen molar-refractivity contribution in [2.75, 3.05) is 29.9 Å². The highest BCUT2D eigenvalue weighted by Crippen LogP contribution is 2.28. The Labute approximate surface area is 129 Å². The quantitative estimate of drug-likeness (QED) is 0.893. The largest absolute Gasteiger partial charge is 0.370 e. The van der Waals surface area contributed by atoms with Crippen molar-refractivity contribution < 1.29 is 0 Å². The summed E-state index contributed by atoms with van der Waals surface area (Å²) in [4.78, 5) is 11.8. The summed E-state index contributed by atoms with van der Waals surface area (Å²) in [5.74, 6) is 5.00. The van der Waals surface area contributed by atoms with Crippen LogP contribution in [0.2, 0.25) is 0 Å². The van der Waals surface area contributed by atoms with E-state index in [0.29, 0.717) is 5.92 Å². The minimum Gasteiger partial charge on any atom is -0.370 e. The van der Waals surface area contributed by atoms with Crippen molar-refractivity contribution in [2.24, 2.45) is 11.8 Å². The van der Waals surface area contributed by atoms with Crippen LogP contribution in [0.4, 0.5) is 11.6 Å². The number of rotatable bonds is 5. The Balaban J connectivity index is 2.15. The van der Waals surface area contributed by atoms with Gasteiger partial charge in [0, 0.05) is 31.6 Å². The fourth-order valence-corrected chi connectivity index (χ4v) is 2.94. The average Bonchev–Trinajstić information content (AvgIpc) is 2.47. The first kappa shape index (κ1) is 16.1. The number of piperidine rings is 1. The molecule has 2 rings (SSSR count). The molecule has 4 nitrogen and oxygen atoms in total. The van der Waals surface area contributed by atoms with Crippen molar-refractivity contribution in [3.63, 3.8) is 0 Å². The summed E-state index contributed by atoms with van der Waals surface area (Å²) in [6.07, 6.45) is 2.55. The summed E-state index contributed by atoms with van der Waals surface area (Å²) in [6.45, 7) is 14.2. The molecule has 0 saturated carbocycles. The molecular weight excluding hydrogens is 260 g/mol. The zero-order valence-electron chi connectivity index (χ0n) is 14.2. The third-order valence-corrected chi connectivity index (χ3v) is 4.41. The standard InChI is InChI=1S/C17H30N4/c1-6-18-15-11-16(20-17(19-15)13(4)5)21-9-7-14(8-10-21)12(2)3/h11-14H,6-10H2,1-5H3,(H,18,19,20). The van der Waals surface area contributed by atoms with Gasteiger partial charge in [-0.1, -0.05) is 27.7 Å². The smallest absolute Gasteiger partial charge is 0.135 e. The normalized spacial score (nSPS) is 16.8. The summed E-state index contributed by atoms with van der Waals surface area (Å²) in [5.41, 5.74) is 0. The first-order valence-electron chi connectivity index (χ1n) is 8.39. The second-order valence-electron chi connectivity index (χ2n) is 6.72. The van der Waals surface area contributed by atoms with Crippen LogP contribution in [0.3, 0.4) is 0 Å². The Morgan fingerprint density at radius 1 is 1.19 bits per heavy atom. The highest BCUT2D eigenvalue weighted by Gasteiger charge is 2.23. The van der Waals surface area contributed by atoms with Gasteiger partial charge in [0.1, 0.15) is 17.5 Å². The number of nitrogens with one attached hydrogen (secondary N) is 1. The molecule has 1 aliphatic heterocycles. The second-order valence-corrected chi connectivity index (χ2v) is 6.72. The van der Waals surface area contributed by atoms with Crippen LogP contribution < -0.4 is 10.2 Å². The Hall–Kier alpha value is -1.32. The Morgan fingerprint density at radius 2 is 1.86 bits per heavy atom. The van der Waals surface area contributed by atoms with E-state index >= 15 is 0 Å². The summed E-state index contributed by atoms with van der Waals surface area (Å²) in [5, 5.41) is 3.33. The summed E-state index contributed by atoms with van der Waals surface area (Å²) in [7, 11) is 0. The van der Waals surface area contributed by atoms with Gasteiger partial charge in [-0.25, -0.2) is 9.97 Å². The fraction of sp³-hybridized carbons (Fsp3) is 0.765. The molecule has 4 heteroatoms. The average molecular weight is 290 g/mol. The van der Waals surface area contributed by atoms with Gasteiger partial charge in [0.2, 0.25) is 0 Å².